The van der Waals surface area contributed by atoms with E-state index in [1.165, 1.54) is 0 Å². The molecule has 0 aliphatic heterocycles. The molecule has 0 radical (unpaired) electrons. The Kier molecular flexibility index (Phi) is 3.49. The number of aliphatic carboxylic acids is 1. The molecule has 0 heterocycles. The fraction of sp³-hybridized carbons (Fsp3) is 0.875. The first-order valence-electron chi connectivity index (χ1n) is 3.70. The van der Waals surface area contributed by atoms with Crippen molar-refractivity contribution in [2.75, 3.05) is 0 Å². The highest BCUT2D eigenvalue weighted by Crippen LogP contribution is 2.22. The van der Waals surface area contributed by atoms with Gasteiger partial charge in [-0.1, -0.05) is 20.8 Å². The molecule has 0 fully saturated rings. The van der Waals surface area contributed by atoms with Gasteiger partial charge in [-0.2, -0.15) is 0 Å². The van der Waals surface area contributed by atoms with Crippen molar-refractivity contribution in [3.05, 3.63) is 0 Å². The highest BCUT2D eigenvalue weighted by molar-refractivity contribution is 5.71. The molecular weight excluding hydrogens is 147 g/mol. The van der Waals surface area contributed by atoms with Crippen LogP contribution in [0.1, 0.15) is 33.6 Å². The van der Waals surface area contributed by atoms with Crippen molar-refractivity contribution in [3.8, 4) is 0 Å². The maximum atomic E-state index is 12.5. The lowest BCUT2D eigenvalue weighted by Gasteiger charge is -2.17. The van der Waals surface area contributed by atoms with E-state index in [4.69, 9.17) is 5.11 Å². The Hall–Kier alpha value is -0.600. The summed E-state index contributed by atoms with van der Waals surface area (Å²) in [5.41, 5.74) is 0.0137. The summed E-state index contributed by atoms with van der Waals surface area (Å²) in [6, 6.07) is 0. The number of carboxylic acid groups (broad SMARTS) is 1. The van der Waals surface area contributed by atoms with Gasteiger partial charge in [0.15, 0.2) is 6.17 Å². The van der Waals surface area contributed by atoms with Crippen LogP contribution in [0.4, 0.5) is 4.39 Å². The summed E-state index contributed by atoms with van der Waals surface area (Å²) in [5.74, 6) is -1.35. The van der Waals surface area contributed by atoms with Gasteiger partial charge in [0.05, 0.1) is 0 Å². The van der Waals surface area contributed by atoms with E-state index in [1.54, 1.807) is 0 Å². The van der Waals surface area contributed by atoms with Gasteiger partial charge < -0.3 is 5.11 Å². The van der Waals surface area contributed by atoms with Crippen LogP contribution in [-0.2, 0) is 4.79 Å². The highest BCUT2D eigenvalue weighted by atomic mass is 19.1. The second kappa shape index (κ2) is 3.69. The molecule has 2 nitrogen and oxygen atoms in total. The van der Waals surface area contributed by atoms with Gasteiger partial charge in [0, 0.05) is 0 Å². The SMILES string of the molecule is CC(C)(C)CCC(F)C(=O)O. The molecule has 0 aromatic heterocycles. The second-order valence-corrected chi connectivity index (χ2v) is 3.91. The van der Waals surface area contributed by atoms with E-state index in [2.05, 4.69) is 0 Å². The number of rotatable bonds is 3. The number of hydrogen-bond donors (Lipinski definition) is 1. The van der Waals surface area contributed by atoms with E-state index in [-0.39, 0.29) is 11.8 Å². The minimum atomic E-state index is -1.70. The zero-order valence-electron chi connectivity index (χ0n) is 7.22. The molecule has 0 aromatic carbocycles. The van der Waals surface area contributed by atoms with Gasteiger partial charge in [0.1, 0.15) is 0 Å². The Balaban J connectivity index is 3.63. The van der Waals surface area contributed by atoms with Crippen molar-refractivity contribution in [2.24, 2.45) is 5.41 Å². The predicted molar refractivity (Wildman–Crippen MR) is 41.2 cm³/mol. The van der Waals surface area contributed by atoms with Crippen molar-refractivity contribution in [3.63, 3.8) is 0 Å². The highest BCUT2D eigenvalue weighted by Gasteiger charge is 2.19. The minimum Gasteiger partial charge on any atom is -0.479 e. The summed E-state index contributed by atoms with van der Waals surface area (Å²) >= 11 is 0. The molecule has 0 saturated carbocycles. The lowest BCUT2D eigenvalue weighted by Crippen LogP contribution is -2.17. The lowest BCUT2D eigenvalue weighted by atomic mass is 9.89. The average Bonchev–Trinajstić information content (AvgIpc) is 1.80. The Morgan fingerprint density at radius 2 is 2.00 bits per heavy atom. The predicted octanol–water partition coefficient (Wildman–Crippen LogP) is 2.24. The summed E-state index contributed by atoms with van der Waals surface area (Å²) in [7, 11) is 0. The molecule has 1 unspecified atom stereocenters. The van der Waals surface area contributed by atoms with E-state index in [9.17, 15) is 9.18 Å². The van der Waals surface area contributed by atoms with E-state index in [1.807, 2.05) is 20.8 Å². The first-order valence-corrected chi connectivity index (χ1v) is 3.70. The summed E-state index contributed by atoms with van der Waals surface area (Å²) in [4.78, 5) is 10.0. The Labute approximate surface area is 66.4 Å². The van der Waals surface area contributed by atoms with Crippen LogP contribution in [0, 0.1) is 5.41 Å². The van der Waals surface area contributed by atoms with Crippen LogP contribution in [0.5, 0.6) is 0 Å². The lowest BCUT2D eigenvalue weighted by molar-refractivity contribution is -0.143. The van der Waals surface area contributed by atoms with Crippen LogP contribution < -0.4 is 0 Å². The summed E-state index contributed by atoms with van der Waals surface area (Å²) in [6.45, 7) is 5.88. The molecule has 3 heteroatoms. The molecule has 0 bridgehead atoms. The molecular formula is C8H15FO2. The third kappa shape index (κ3) is 5.83. The molecule has 1 N–H and O–H groups in total. The normalized spacial score (nSPS) is 14.5. The quantitative estimate of drug-likeness (QED) is 0.691. The van der Waals surface area contributed by atoms with Crippen molar-refractivity contribution in [1.82, 2.24) is 0 Å². The Morgan fingerprint density at radius 3 is 2.27 bits per heavy atom. The number of halogens is 1. The first kappa shape index (κ1) is 10.4. The zero-order chi connectivity index (χ0) is 9.07. The van der Waals surface area contributed by atoms with Crippen LogP contribution in [0.25, 0.3) is 0 Å². The molecule has 0 aromatic rings. The van der Waals surface area contributed by atoms with E-state index >= 15 is 0 Å². The van der Waals surface area contributed by atoms with Crippen molar-refractivity contribution in [1.29, 1.82) is 0 Å². The molecule has 66 valence electrons. The summed E-state index contributed by atoms with van der Waals surface area (Å²) in [5, 5.41) is 8.20. The maximum absolute atomic E-state index is 12.5. The molecule has 11 heavy (non-hydrogen) atoms. The van der Waals surface area contributed by atoms with E-state index < -0.39 is 12.1 Å². The molecule has 0 aliphatic rings. The van der Waals surface area contributed by atoms with Gasteiger partial charge >= 0.3 is 5.97 Å². The summed E-state index contributed by atoms with van der Waals surface area (Å²) < 4.78 is 12.5. The number of carboxylic acids is 1. The van der Waals surface area contributed by atoms with Gasteiger partial charge in [-0.05, 0) is 18.3 Å². The molecule has 0 amide bonds. The van der Waals surface area contributed by atoms with Gasteiger partial charge in [-0.25, -0.2) is 9.18 Å². The van der Waals surface area contributed by atoms with E-state index in [0.717, 1.165) is 0 Å². The maximum Gasteiger partial charge on any atom is 0.338 e. The van der Waals surface area contributed by atoms with Gasteiger partial charge in [0.2, 0.25) is 0 Å². The van der Waals surface area contributed by atoms with Gasteiger partial charge in [-0.15, -0.1) is 0 Å². The molecule has 0 rings (SSSR count). The third-order valence-corrected chi connectivity index (χ3v) is 1.42. The molecule has 1 atom stereocenters. The van der Waals surface area contributed by atoms with Crippen LogP contribution >= 0.6 is 0 Å². The van der Waals surface area contributed by atoms with E-state index in [0.29, 0.717) is 6.42 Å². The summed E-state index contributed by atoms with van der Waals surface area (Å²) in [6.07, 6.45) is -0.992. The topological polar surface area (TPSA) is 37.3 Å². The third-order valence-electron chi connectivity index (χ3n) is 1.42. The number of carbonyl (C=O) groups is 1. The van der Waals surface area contributed by atoms with Crippen LogP contribution in [-0.4, -0.2) is 17.2 Å². The Morgan fingerprint density at radius 1 is 1.55 bits per heavy atom. The first-order chi connectivity index (χ1) is 4.83. The molecule has 0 spiro atoms. The Bertz CT molecular complexity index is 138. The molecule has 0 aliphatic carbocycles. The van der Waals surface area contributed by atoms with Crippen LogP contribution in [0.2, 0.25) is 0 Å². The van der Waals surface area contributed by atoms with Crippen molar-refractivity contribution in [2.45, 2.75) is 39.8 Å². The minimum absolute atomic E-state index is 0.0137. The standard InChI is InChI=1S/C8H15FO2/c1-8(2,3)5-4-6(9)7(10)11/h6H,4-5H2,1-3H3,(H,10,11). The smallest absolute Gasteiger partial charge is 0.338 e. The number of alkyl halides is 1. The van der Waals surface area contributed by atoms with Gasteiger partial charge in [0.25, 0.3) is 0 Å². The molecule has 0 saturated heterocycles. The average molecular weight is 162 g/mol. The second-order valence-electron chi connectivity index (χ2n) is 3.91. The monoisotopic (exact) mass is 162 g/mol. The largest absolute Gasteiger partial charge is 0.479 e. The van der Waals surface area contributed by atoms with Crippen molar-refractivity contribution >= 4 is 5.97 Å². The zero-order valence-corrected chi connectivity index (χ0v) is 7.22. The fourth-order valence-electron chi connectivity index (χ4n) is 0.683. The number of hydrogen-bond acceptors (Lipinski definition) is 1. The van der Waals surface area contributed by atoms with Crippen molar-refractivity contribution < 1.29 is 14.3 Å². The fourth-order valence-corrected chi connectivity index (χ4v) is 0.683. The van der Waals surface area contributed by atoms with Crippen LogP contribution in [0.15, 0.2) is 0 Å². The van der Waals surface area contributed by atoms with Crippen LogP contribution in [0.3, 0.4) is 0 Å². The van der Waals surface area contributed by atoms with Gasteiger partial charge in [-0.3, -0.25) is 0 Å².